The molecule has 3 heterocycles. The molecule has 0 aliphatic carbocycles. The van der Waals surface area contributed by atoms with Gasteiger partial charge >= 0.3 is 0 Å². The normalized spacial score (nSPS) is 14.3. The summed E-state index contributed by atoms with van der Waals surface area (Å²) in [6.07, 6.45) is 6.43. The van der Waals surface area contributed by atoms with Crippen LogP contribution >= 0.6 is 22.9 Å². The third-order valence-electron chi connectivity index (χ3n) is 4.32. The number of nitrogens with zero attached hydrogens (tertiary/aromatic N) is 2. The van der Waals surface area contributed by atoms with Gasteiger partial charge in [-0.15, -0.1) is 11.3 Å². The van der Waals surface area contributed by atoms with Gasteiger partial charge in [-0.3, -0.25) is 9.59 Å². The topological polar surface area (TPSA) is 71.5 Å². The van der Waals surface area contributed by atoms with E-state index in [-0.39, 0.29) is 17.6 Å². The van der Waals surface area contributed by atoms with Crippen LogP contribution in [0.25, 0.3) is 12.2 Å². The molecule has 0 spiro atoms. The first-order chi connectivity index (χ1) is 14.5. The van der Waals surface area contributed by atoms with Crippen LogP contribution in [-0.2, 0) is 9.59 Å². The van der Waals surface area contributed by atoms with Crippen LogP contribution in [0.2, 0.25) is 5.15 Å². The molecule has 6 nitrogen and oxygen atoms in total. The lowest BCUT2D eigenvalue weighted by Crippen LogP contribution is -2.23. The van der Waals surface area contributed by atoms with Crippen LogP contribution in [0.15, 0.2) is 66.6 Å². The van der Waals surface area contributed by atoms with E-state index >= 15 is 0 Å². The highest BCUT2D eigenvalue weighted by Gasteiger charge is 2.21. The lowest BCUT2D eigenvalue weighted by molar-refractivity contribution is -0.115. The Morgan fingerprint density at radius 2 is 1.97 bits per heavy atom. The Morgan fingerprint density at radius 1 is 1.17 bits per heavy atom. The Kier molecular flexibility index (Phi) is 5.65. The zero-order valence-electron chi connectivity index (χ0n) is 15.8. The number of aromatic nitrogens is 1. The molecule has 1 aromatic carbocycles. The molecule has 1 aliphatic heterocycles. The number of amides is 2. The standard InChI is InChI=1S/C22H16ClN3O3S/c1-26(14-6-10-20(23)24-13-14)21(27)11-9-15-7-8-16(30-15)12-19-22(28)25-17-4-2-3-5-18(17)29-19/h2-13H,1H3,(H,25,28)/b11-9+,19-12-. The highest BCUT2D eigenvalue weighted by Crippen LogP contribution is 2.31. The molecule has 0 saturated heterocycles. The molecule has 0 radical (unpaired) electrons. The molecule has 3 aromatic rings. The van der Waals surface area contributed by atoms with Gasteiger partial charge in [0.25, 0.3) is 11.8 Å². The summed E-state index contributed by atoms with van der Waals surface area (Å²) in [5.74, 6) is 0.328. The molecule has 0 fully saturated rings. The molecular formula is C22H16ClN3O3S. The highest BCUT2D eigenvalue weighted by molar-refractivity contribution is 7.13. The van der Waals surface area contributed by atoms with Gasteiger partial charge in [0.1, 0.15) is 5.15 Å². The number of carbonyl (C=O) groups is 2. The number of ether oxygens (including phenoxy) is 1. The molecular weight excluding hydrogens is 422 g/mol. The minimum atomic E-state index is -0.299. The number of benzene rings is 1. The average molecular weight is 438 g/mol. The Balaban J connectivity index is 1.45. The maximum absolute atomic E-state index is 12.4. The van der Waals surface area contributed by atoms with Crippen molar-refractivity contribution in [3.05, 3.63) is 81.5 Å². The lowest BCUT2D eigenvalue weighted by atomic mass is 10.2. The third kappa shape index (κ3) is 4.42. The van der Waals surface area contributed by atoms with Crippen molar-refractivity contribution in [3.63, 3.8) is 0 Å². The number of thiophene rings is 1. The summed E-state index contributed by atoms with van der Waals surface area (Å²) in [4.78, 5) is 31.8. The first-order valence-electron chi connectivity index (χ1n) is 8.97. The summed E-state index contributed by atoms with van der Waals surface area (Å²) in [7, 11) is 1.67. The predicted molar refractivity (Wildman–Crippen MR) is 120 cm³/mol. The number of carbonyl (C=O) groups excluding carboxylic acids is 2. The zero-order chi connectivity index (χ0) is 21.1. The average Bonchev–Trinajstić information content (AvgIpc) is 3.20. The third-order valence-corrected chi connectivity index (χ3v) is 5.54. The predicted octanol–water partition coefficient (Wildman–Crippen LogP) is 4.84. The van der Waals surface area contributed by atoms with Gasteiger partial charge in [0.2, 0.25) is 0 Å². The van der Waals surface area contributed by atoms with Crippen LogP contribution < -0.4 is 15.0 Å². The van der Waals surface area contributed by atoms with Crippen LogP contribution in [0.1, 0.15) is 9.75 Å². The highest BCUT2D eigenvalue weighted by atomic mass is 35.5. The van der Waals surface area contributed by atoms with Crippen molar-refractivity contribution in [2.24, 2.45) is 0 Å². The fourth-order valence-electron chi connectivity index (χ4n) is 2.73. The molecule has 0 bridgehead atoms. The molecule has 1 N–H and O–H groups in total. The van der Waals surface area contributed by atoms with Crippen molar-refractivity contribution in [3.8, 4) is 5.75 Å². The van der Waals surface area contributed by atoms with Gasteiger partial charge in [-0.1, -0.05) is 23.7 Å². The molecule has 1 aliphatic rings. The molecule has 150 valence electrons. The number of rotatable bonds is 4. The van der Waals surface area contributed by atoms with Gasteiger partial charge in [-0.05, 0) is 42.5 Å². The summed E-state index contributed by atoms with van der Waals surface area (Å²) < 4.78 is 5.71. The fourth-order valence-corrected chi connectivity index (χ4v) is 3.68. The summed E-state index contributed by atoms with van der Waals surface area (Å²) in [6, 6.07) is 14.4. The van der Waals surface area contributed by atoms with E-state index in [0.29, 0.717) is 22.3 Å². The first kappa shape index (κ1) is 19.9. The van der Waals surface area contributed by atoms with E-state index in [1.165, 1.54) is 28.5 Å². The van der Waals surface area contributed by atoms with Crippen molar-refractivity contribution in [1.29, 1.82) is 0 Å². The Labute approximate surface area is 182 Å². The van der Waals surface area contributed by atoms with E-state index in [9.17, 15) is 9.59 Å². The Hall–Kier alpha value is -3.42. The Morgan fingerprint density at radius 3 is 2.77 bits per heavy atom. The van der Waals surface area contributed by atoms with E-state index in [1.54, 1.807) is 43.5 Å². The lowest BCUT2D eigenvalue weighted by Gasteiger charge is -2.19. The second-order valence-electron chi connectivity index (χ2n) is 6.37. The summed E-state index contributed by atoms with van der Waals surface area (Å²) in [6.45, 7) is 0. The summed E-state index contributed by atoms with van der Waals surface area (Å²) >= 11 is 7.22. The first-order valence-corrected chi connectivity index (χ1v) is 10.2. The number of hydrogen-bond acceptors (Lipinski definition) is 5. The second kappa shape index (κ2) is 8.52. The molecule has 2 aromatic heterocycles. The maximum Gasteiger partial charge on any atom is 0.291 e. The summed E-state index contributed by atoms with van der Waals surface area (Å²) in [5, 5.41) is 3.17. The van der Waals surface area contributed by atoms with E-state index in [2.05, 4.69) is 10.3 Å². The van der Waals surface area contributed by atoms with Gasteiger partial charge in [0.05, 0.1) is 17.6 Å². The number of hydrogen-bond donors (Lipinski definition) is 1. The summed E-state index contributed by atoms with van der Waals surface area (Å²) in [5.41, 5.74) is 1.29. The van der Waals surface area contributed by atoms with Gasteiger partial charge in [-0.2, -0.15) is 0 Å². The van der Waals surface area contributed by atoms with Crippen molar-refractivity contribution in [2.45, 2.75) is 0 Å². The molecule has 2 amide bonds. The number of nitrogens with one attached hydrogen (secondary N) is 1. The van der Waals surface area contributed by atoms with E-state index in [1.807, 2.05) is 24.3 Å². The number of likely N-dealkylation sites (N-methyl/N-ethyl adjacent to an activating group) is 1. The second-order valence-corrected chi connectivity index (χ2v) is 7.90. The minimum absolute atomic E-state index is 0.195. The van der Waals surface area contributed by atoms with Crippen LogP contribution in [0, 0.1) is 0 Å². The molecule has 8 heteroatoms. The molecule has 0 atom stereocenters. The van der Waals surface area contributed by atoms with Gasteiger partial charge < -0.3 is 15.0 Å². The van der Waals surface area contributed by atoms with E-state index in [0.717, 1.165) is 9.75 Å². The largest absolute Gasteiger partial charge is 0.449 e. The number of para-hydroxylation sites is 2. The van der Waals surface area contributed by atoms with Gasteiger partial charge in [0.15, 0.2) is 11.5 Å². The number of anilines is 2. The number of halogens is 1. The van der Waals surface area contributed by atoms with E-state index in [4.69, 9.17) is 16.3 Å². The SMILES string of the molecule is CN(C(=O)/C=C/c1ccc(/C=C2\Oc3ccccc3NC2=O)s1)c1ccc(Cl)nc1. The van der Waals surface area contributed by atoms with Crippen molar-refractivity contribution < 1.29 is 14.3 Å². The van der Waals surface area contributed by atoms with Gasteiger partial charge in [0, 0.05) is 29.0 Å². The zero-order valence-corrected chi connectivity index (χ0v) is 17.4. The number of pyridine rings is 1. The van der Waals surface area contributed by atoms with Crippen LogP contribution in [-0.4, -0.2) is 23.8 Å². The van der Waals surface area contributed by atoms with Crippen molar-refractivity contribution in [1.82, 2.24) is 4.98 Å². The minimum Gasteiger partial charge on any atom is -0.449 e. The number of fused-ring (bicyclic) bond motifs is 1. The maximum atomic E-state index is 12.4. The Bertz CT molecular complexity index is 1170. The monoisotopic (exact) mass is 437 g/mol. The van der Waals surface area contributed by atoms with Crippen LogP contribution in [0.4, 0.5) is 11.4 Å². The molecule has 0 unspecified atom stereocenters. The molecule has 0 saturated carbocycles. The smallest absolute Gasteiger partial charge is 0.291 e. The fraction of sp³-hybridized carbons (Fsp3) is 0.0455. The van der Waals surface area contributed by atoms with Gasteiger partial charge in [-0.25, -0.2) is 4.98 Å². The van der Waals surface area contributed by atoms with Crippen molar-refractivity contribution >= 4 is 58.3 Å². The van der Waals surface area contributed by atoms with Crippen LogP contribution in [0.5, 0.6) is 5.75 Å². The molecule has 4 rings (SSSR count). The van der Waals surface area contributed by atoms with E-state index < -0.39 is 0 Å². The quantitative estimate of drug-likeness (QED) is 0.468. The molecule has 30 heavy (non-hydrogen) atoms. The van der Waals surface area contributed by atoms with Crippen LogP contribution in [0.3, 0.4) is 0 Å². The van der Waals surface area contributed by atoms with Crippen molar-refractivity contribution in [2.75, 3.05) is 17.3 Å².